The fraction of sp³-hybridized carbons (Fsp3) is 0.944. The molecular weight excluding hydrogens is 269 g/mol. The predicted molar refractivity (Wildman–Crippen MR) is 90.1 cm³/mol. The van der Waals surface area contributed by atoms with Crippen LogP contribution >= 0.6 is 0 Å². The Kier molecular flexibility index (Phi) is 20.9. The van der Waals surface area contributed by atoms with E-state index in [1.807, 2.05) is 0 Å². The molecule has 0 heterocycles. The summed E-state index contributed by atoms with van der Waals surface area (Å²) in [6, 6.07) is 0.343. The molecule has 1 unspecified atom stereocenters. The van der Waals surface area contributed by atoms with E-state index >= 15 is 0 Å². The summed E-state index contributed by atoms with van der Waals surface area (Å²) in [5, 5.41) is 2.94. The molecule has 3 heteroatoms. The van der Waals surface area contributed by atoms with E-state index in [1.54, 1.807) is 6.92 Å². The summed E-state index contributed by atoms with van der Waals surface area (Å²) in [5.41, 5.74) is 0. The molecule has 0 rings (SSSR count). The van der Waals surface area contributed by atoms with Crippen molar-refractivity contribution < 1.29 is 35.8 Å². The van der Waals surface area contributed by atoms with E-state index in [-0.39, 0.29) is 36.9 Å². The zero-order valence-electron chi connectivity index (χ0n) is 16.2. The monoisotopic (exact) mass is 307 g/mol. The minimum Gasteiger partial charge on any atom is -1.00 e. The van der Waals surface area contributed by atoms with Crippen molar-refractivity contribution in [1.82, 2.24) is 5.32 Å². The van der Waals surface area contributed by atoms with Gasteiger partial charge in [-0.25, -0.2) is 0 Å². The average molecular weight is 307 g/mol. The topological polar surface area (TPSA) is 29.1 Å². The summed E-state index contributed by atoms with van der Waals surface area (Å²) in [4.78, 5) is 10.9. The van der Waals surface area contributed by atoms with Gasteiger partial charge in [0.1, 0.15) is 0 Å². The van der Waals surface area contributed by atoms with Crippen molar-refractivity contribution in [2.45, 2.75) is 110 Å². The maximum Gasteiger partial charge on any atom is 1.00 e. The molecule has 0 saturated carbocycles. The summed E-state index contributed by atoms with van der Waals surface area (Å²) < 4.78 is 0. The van der Waals surface area contributed by atoms with Gasteiger partial charge < -0.3 is 6.74 Å². The fourth-order valence-electron chi connectivity index (χ4n) is 2.71. The van der Waals surface area contributed by atoms with Crippen LogP contribution < -0.4 is 34.9 Å². The molecule has 1 N–H and O–H groups in total. The van der Waals surface area contributed by atoms with Crippen molar-refractivity contribution in [3.63, 3.8) is 0 Å². The summed E-state index contributed by atoms with van der Waals surface area (Å²) in [6.07, 6.45) is 17.8. The van der Waals surface area contributed by atoms with Crippen LogP contribution in [0.1, 0.15) is 106 Å². The van der Waals surface area contributed by atoms with Crippen molar-refractivity contribution in [3.05, 3.63) is 0 Å². The normalized spacial score (nSPS) is 11.8. The van der Waals surface area contributed by atoms with Gasteiger partial charge >= 0.3 is 29.6 Å². The molecule has 0 bridgehead atoms. The van der Waals surface area contributed by atoms with Gasteiger partial charge in [-0.15, -0.1) is 0 Å². The molecule has 0 aromatic heterocycles. The number of hydrogen-bond donors (Lipinski definition) is 1. The van der Waals surface area contributed by atoms with Gasteiger partial charge in [0, 0.05) is 13.0 Å². The maximum absolute atomic E-state index is 10.9. The second-order valence-corrected chi connectivity index (χ2v) is 6.28. The Morgan fingerprint density at radius 1 is 0.857 bits per heavy atom. The molecule has 0 aromatic carbocycles. The van der Waals surface area contributed by atoms with Crippen molar-refractivity contribution in [2.75, 3.05) is 0 Å². The van der Waals surface area contributed by atoms with E-state index < -0.39 is 0 Å². The van der Waals surface area contributed by atoms with Gasteiger partial charge in [0.15, 0.2) is 0 Å². The largest absolute Gasteiger partial charge is 1.00 e. The van der Waals surface area contributed by atoms with Crippen LogP contribution in [0.15, 0.2) is 0 Å². The molecule has 21 heavy (non-hydrogen) atoms. The molecule has 0 aliphatic heterocycles. The maximum atomic E-state index is 10.9. The Morgan fingerprint density at radius 3 is 1.62 bits per heavy atom. The third-order valence-corrected chi connectivity index (χ3v) is 3.94. The molecule has 1 amide bonds. The van der Waals surface area contributed by atoms with Crippen LogP contribution in [0.3, 0.4) is 0 Å². The quantitative estimate of drug-likeness (QED) is 0.388. The molecule has 0 aliphatic rings. The van der Waals surface area contributed by atoms with Gasteiger partial charge in [-0.1, -0.05) is 84.0 Å². The van der Waals surface area contributed by atoms with Crippen molar-refractivity contribution in [2.24, 2.45) is 0 Å². The zero-order valence-corrected chi connectivity index (χ0v) is 17.2. The van der Waals surface area contributed by atoms with Crippen LogP contribution in [-0.4, -0.2) is 11.9 Å². The van der Waals surface area contributed by atoms with Crippen molar-refractivity contribution in [1.29, 1.82) is 0 Å². The molecule has 0 fully saturated rings. The molecule has 1 atom stereocenters. The first kappa shape index (κ1) is 23.7. The second kappa shape index (κ2) is 18.5. The van der Waals surface area contributed by atoms with Gasteiger partial charge in [-0.05, 0) is 13.3 Å². The molecule has 0 aliphatic carbocycles. The van der Waals surface area contributed by atoms with E-state index in [0.29, 0.717) is 6.04 Å². The molecule has 0 spiro atoms. The van der Waals surface area contributed by atoms with E-state index in [0.717, 1.165) is 6.42 Å². The van der Waals surface area contributed by atoms with Gasteiger partial charge in [-0.2, -0.15) is 0 Å². The van der Waals surface area contributed by atoms with Crippen LogP contribution in [0.2, 0.25) is 0 Å². The summed E-state index contributed by atoms with van der Waals surface area (Å²) in [7, 11) is 0. The number of rotatable bonds is 14. The van der Waals surface area contributed by atoms with E-state index in [9.17, 15) is 4.79 Å². The van der Waals surface area contributed by atoms with Crippen molar-refractivity contribution >= 4 is 5.91 Å². The van der Waals surface area contributed by atoms with Crippen molar-refractivity contribution in [3.8, 4) is 0 Å². The number of hydrogen-bond acceptors (Lipinski definition) is 1. The van der Waals surface area contributed by atoms with E-state index in [1.165, 1.54) is 77.0 Å². The Labute approximate surface area is 157 Å². The second-order valence-electron chi connectivity index (χ2n) is 6.28. The number of unbranched alkanes of at least 4 members (excludes halogenated alkanes) is 11. The minimum absolute atomic E-state index is 0. The number of nitrogens with one attached hydrogen (secondary N) is 1. The standard InChI is InChI=1S/C18H37NO.Na.H/c1-4-5-6-7-8-9-10-11-12-13-14-15-16-17(2)19-18(3)20;;/h17H,4-16H2,1-3H3,(H,19,20);;/q;+1;-1. The molecular formula is C18H38NNaO. The number of amides is 1. The Morgan fingerprint density at radius 2 is 1.24 bits per heavy atom. The molecule has 0 radical (unpaired) electrons. The SMILES string of the molecule is CCCCCCCCCCCCCCC(C)NC(C)=O.[H-].[Na+]. The molecule has 0 saturated heterocycles. The third-order valence-electron chi connectivity index (χ3n) is 3.94. The van der Waals surface area contributed by atoms with Crippen LogP contribution in [0.5, 0.6) is 0 Å². The first-order valence-corrected chi connectivity index (χ1v) is 8.94. The van der Waals surface area contributed by atoms with Crippen LogP contribution in [0, 0.1) is 0 Å². The summed E-state index contributed by atoms with van der Waals surface area (Å²) in [6.45, 7) is 5.97. The number of carbonyl (C=O) groups is 1. The smallest absolute Gasteiger partial charge is 1.00 e. The third kappa shape index (κ3) is 20.5. The summed E-state index contributed by atoms with van der Waals surface area (Å²) >= 11 is 0. The van der Waals surface area contributed by atoms with Gasteiger partial charge in [-0.3, -0.25) is 4.79 Å². The van der Waals surface area contributed by atoms with Gasteiger partial charge in [0.2, 0.25) is 5.91 Å². The minimum atomic E-state index is 0. The Bertz CT molecular complexity index is 227. The molecule has 0 aromatic rings. The van der Waals surface area contributed by atoms with Crippen LogP contribution in [-0.2, 0) is 4.79 Å². The summed E-state index contributed by atoms with van der Waals surface area (Å²) in [5.74, 6) is 0.0939. The Balaban J connectivity index is -0.00000180. The Hall–Kier alpha value is 0.470. The zero-order chi connectivity index (χ0) is 15.1. The van der Waals surface area contributed by atoms with Gasteiger partial charge in [0.25, 0.3) is 0 Å². The fourth-order valence-corrected chi connectivity index (χ4v) is 2.71. The molecule has 2 nitrogen and oxygen atoms in total. The number of carbonyl (C=O) groups excluding carboxylic acids is 1. The first-order valence-electron chi connectivity index (χ1n) is 8.94. The average Bonchev–Trinajstić information content (AvgIpc) is 2.39. The molecule has 122 valence electrons. The predicted octanol–water partition coefficient (Wildman–Crippen LogP) is 2.72. The van der Waals surface area contributed by atoms with E-state index in [4.69, 9.17) is 0 Å². The van der Waals surface area contributed by atoms with Crippen LogP contribution in [0.25, 0.3) is 0 Å². The van der Waals surface area contributed by atoms with Gasteiger partial charge in [0.05, 0.1) is 0 Å². The van der Waals surface area contributed by atoms with Crippen LogP contribution in [0.4, 0.5) is 0 Å². The van der Waals surface area contributed by atoms with E-state index in [2.05, 4.69) is 19.2 Å². The first-order chi connectivity index (χ1) is 9.66.